The lowest BCUT2D eigenvalue weighted by Gasteiger charge is -2.52. The SMILES string of the molecule is CSN1CC2(CN(C)CCO2)C1. The van der Waals surface area contributed by atoms with Gasteiger partial charge in [0.2, 0.25) is 0 Å². The van der Waals surface area contributed by atoms with Gasteiger partial charge in [-0.25, -0.2) is 4.31 Å². The van der Waals surface area contributed by atoms with Gasteiger partial charge in [0, 0.05) is 26.2 Å². The van der Waals surface area contributed by atoms with Crippen LogP contribution in [0.1, 0.15) is 0 Å². The summed E-state index contributed by atoms with van der Waals surface area (Å²) >= 11 is 1.82. The summed E-state index contributed by atoms with van der Waals surface area (Å²) in [5, 5.41) is 0. The van der Waals surface area contributed by atoms with Crippen LogP contribution in [0.5, 0.6) is 0 Å². The molecule has 2 saturated heterocycles. The third-order valence-corrected chi connectivity index (χ3v) is 3.40. The number of rotatable bonds is 1. The standard InChI is InChI=1S/C8H16N2OS/c1-9-3-4-11-8(5-9)6-10(7-8)12-2/h3-7H2,1-2H3. The van der Waals surface area contributed by atoms with E-state index in [1.165, 1.54) is 0 Å². The quantitative estimate of drug-likeness (QED) is 0.549. The van der Waals surface area contributed by atoms with Crippen LogP contribution >= 0.6 is 11.9 Å². The third-order valence-electron chi connectivity index (χ3n) is 2.63. The van der Waals surface area contributed by atoms with Gasteiger partial charge in [0.15, 0.2) is 0 Å². The lowest BCUT2D eigenvalue weighted by Crippen LogP contribution is -2.67. The number of likely N-dealkylation sites (N-methyl/N-ethyl adjacent to an activating group) is 1. The maximum atomic E-state index is 5.81. The Bertz CT molecular complexity index is 170. The molecule has 2 heterocycles. The molecule has 2 fully saturated rings. The van der Waals surface area contributed by atoms with Crippen LogP contribution in [-0.2, 0) is 4.74 Å². The third kappa shape index (κ3) is 1.48. The van der Waals surface area contributed by atoms with E-state index in [2.05, 4.69) is 22.5 Å². The average molecular weight is 188 g/mol. The summed E-state index contributed by atoms with van der Waals surface area (Å²) in [5.74, 6) is 0. The zero-order valence-corrected chi connectivity index (χ0v) is 8.56. The molecule has 0 atom stereocenters. The van der Waals surface area contributed by atoms with Gasteiger partial charge in [-0.3, -0.25) is 0 Å². The van der Waals surface area contributed by atoms with Crippen LogP contribution in [0.25, 0.3) is 0 Å². The van der Waals surface area contributed by atoms with E-state index in [0.717, 1.165) is 32.8 Å². The smallest absolute Gasteiger partial charge is 0.108 e. The molecule has 0 N–H and O–H groups in total. The van der Waals surface area contributed by atoms with Gasteiger partial charge in [0.25, 0.3) is 0 Å². The molecule has 2 aliphatic heterocycles. The second-order valence-electron chi connectivity index (χ2n) is 3.75. The molecule has 0 bridgehead atoms. The summed E-state index contributed by atoms with van der Waals surface area (Å²) in [5.41, 5.74) is 0.177. The largest absolute Gasteiger partial charge is 0.370 e. The Morgan fingerprint density at radius 1 is 1.33 bits per heavy atom. The summed E-state index contributed by atoms with van der Waals surface area (Å²) in [4.78, 5) is 2.36. The maximum Gasteiger partial charge on any atom is 0.108 e. The van der Waals surface area contributed by atoms with Crippen molar-refractivity contribution in [1.82, 2.24) is 9.21 Å². The van der Waals surface area contributed by atoms with E-state index < -0.39 is 0 Å². The molecule has 0 aromatic rings. The molecule has 0 amide bonds. The van der Waals surface area contributed by atoms with Gasteiger partial charge in [-0.15, -0.1) is 0 Å². The van der Waals surface area contributed by atoms with E-state index in [1.54, 1.807) is 0 Å². The first-order valence-corrected chi connectivity index (χ1v) is 5.54. The molecule has 0 aromatic carbocycles. The predicted octanol–water partition coefficient (Wildman–Crippen LogP) is 0.281. The minimum atomic E-state index is 0.177. The summed E-state index contributed by atoms with van der Waals surface area (Å²) in [6, 6.07) is 0. The molecule has 0 aromatic heterocycles. The Hall–Kier alpha value is 0.230. The fourth-order valence-electron chi connectivity index (χ4n) is 1.95. The summed E-state index contributed by atoms with van der Waals surface area (Å²) in [6.07, 6.45) is 2.12. The summed E-state index contributed by atoms with van der Waals surface area (Å²) in [6.45, 7) is 5.28. The Labute approximate surface area is 78.2 Å². The fraction of sp³-hybridized carbons (Fsp3) is 1.00. The zero-order chi connectivity index (χ0) is 8.60. The van der Waals surface area contributed by atoms with Crippen LogP contribution in [0.2, 0.25) is 0 Å². The highest BCUT2D eigenvalue weighted by molar-refractivity contribution is 7.96. The Morgan fingerprint density at radius 3 is 2.67 bits per heavy atom. The molecule has 2 rings (SSSR count). The van der Waals surface area contributed by atoms with Crippen LogP contribution in [0.15, 0.2) is 0 Å². The molecule has 12 heavy (non-hydrogen) atoms. The van der Waals surface area contributed by atoms with E-state index in [0.29, 0.717) is 0 Å². The van der Waals surface area contributed by atoms with Crippen molar-refractivity contribution < 1.29 is 4.74 Å². The van der Waals surface area contributed by atoms with Crippen molar-refractivity contribution in [2.75, 3.05) is 46.1 Å². The van der Waals surface area contributed by atoms with Gasteiger partial charge >= 0.3 is 0 Å². The van der Waals surface area contributed by atoms with Crippen molar-refractivity contribution in [3.63, 3.8) is 0 Å². The second-order valence-corrected chi connectivity index (χ2v) is 4.63. The van der Waals surface area contributed by atoms with Crippen molar-refractivity contribution in [3.05, 3.63) is 0 Å². The van der Waals surface area contributed by atoms with Crippen molar-refractivity contribution >= 4 is 11.9 Å². The van der Waals surface area contributed by atoms with Crippen LogP contribution in [-0.4, -0.2) is 60.9 Å². The highest BCUT2D eigenvalue weighted by atomic mass is 32.2. The number of nitrogens with zero attached hydrogens (tertiary/aromatic N) is 2. The number of morpholine rings is 1. The van der Waals surface area contributed by atoms with E-state index in [4.69, 9.17) is 4.74 Å². The van der Waals surface area contributed by atoms with E-state index in [-0.39, 0.29) is 5.60 Å². The molecule has 1 spiro atoms. The fourth-order valence-corrected chi connectivity index (χ4v) is 2.68. The Kier molecular flexibility index (Phi) is 2.33. The van der Waals surface area contributed by atoms with Crippen LogP contribution < -0.4 is 0 Å². The summed E-state index contributed by atoms with van der Waals surface area (Å²) < 4.78 is 8.15. The average Bonchev–Trinajstić information content (AvgIpc) is 1.99. The van der Waals surface area contributed by atoms with Gasteiger partial charge in [0.1, 0.15) is 5.60 Å². The first-order chi connectivity index (χ1) is 5.74. The summed E-state index contributed by atoms with van der Waals surface area (Å²) in [7, 11) is 2.17. The van der Waals surface area contributed by atoms with Crippen molar-refractivity contribution in [1.29, 1.82) is 0 Å². The maximum absolute atomic E-state index is 5.81. The van der Waals surface area contributed by atoms with E-state index in [1.807, 2.05) is 11.9 Å². The van der Waals surface area contributed by atoms with Gasteiger partial charge in [0.05, 0.1) is 6.61 Å². The van der Waals surface area contributed by atoms with Crippen LogP contribution in [0, 0.1) is 0 Å². The highest BCUT2D eigenvalue weighted by Crippen LogP contribution is 2.32. The van der Waals surface area contributed by atoms with Crippen LogP contribution in [0.3, 0.4) is 0 Å². The van der Waals surface area contributed by atoms with Gasteiger partial charge < -0.3 is 9.64 Å². The molecular formula is C8H16N2OS. The van der Waals surface area contributed by atoms with Crippen molar-refractivity contribution in [2.24, 2.45) is 0 Å². The zero-order valence-electron chi connectivity index (χ0n) is 7.75. The first-order valence-electron chi connectivity index (χ1n) is 4.36. The van der Waals surface area contributed by atoms with Crippen molar-refractivity contribution in [2.45, 2.75) is 5.60 Å². The van der Waals surface area contributed by atoms with Gasteiger partial charge in [-0.05, 0) is 13.3 Å². The Balaban J connectivity index is 1.88. The predicted molar refractivity (Wildman–Crippen MR) is 51.3 cm³/mol. The molecule has 2 aliphatic rings. The van der Waals surface area contributed by atoms with Crippen LogP contribution in [0.4, 0.5) is 0 Å². The molecule has 70 valence electrons. The number of ether oxygens (including phenoxy) is 1. The Morgan fingerprint density at radius 2 is 2.08 bits per heavy atom. The number of hydrogen-bond acceptors (Lipinski definition) is 4. The molecule has 0 saturated carbocycles. The molecular weight excluding hydrogens is 172 g/mol. The van der Waals surface area contributed by atoms with Gasteiger partial charge in [-0.1, -0.05) is 11.9 Å². The normalized spacial score (nSPS) is 30.5. The number of hydrogen-bond donors (Lipinski definition) is 0. The molecule has 0 radical (unpaired) electrons. The van der Waals surface area contributed by atoms with Crippen molar-refractivity contribution in [3.8, 4) is 0 Å². The lowest BCUT2D eigenvalue weighted by molar-refractivity contribution is -0.155. The minimum absolute atomic E-state index is 0.177. The van der Waals surface area contributed by atoms with E-state index in [9.17, 15) is 0 Å². The second kappa shape index (κ2) is 3.18. The molecule has 0 aliphatic carbocycles. The lowest BCUT2D eigenvalue weighted by atomic mass is 9.95. The molecule has 3 nitrogen and oxygen atoms in total. The topological polar surface area (TPSA) is 15.7 Å². The molecule has 0 unspecified atom stereocenters. The minimum Gasteiger partial charge on any atom is -0.370 e. The van der Waals surface area contributed by atoms with Gasteiger partial charge in [-0.2, -0.15) is 0 Å². The highest BCUT2D eigenvalue weighted by Gasteiger charge is 2.46. The van der Waals surface area contributed by atoms with E-state index >= 15 is 0 Å². The monoisotopic (exact) mass is 188 g/mol. The first kappa shape index (κ1) is 8.81. The molecule has 4 heteroatoms.